The number of halogens is 1. The Hall–Kier alpha value is -0.371. The summed E-state index contributed by atoms with van der Waals surface area (Å²) in [5.74, 6) is 0. The monoisotopic (exact) mass is 274 g/mol. The molecule has 0 spiro atoms. The van der Waals surface area contributed by atoms with Gasteiger partial charge in [-0.25, -0.2) is 0 Å². The molecule has 2 aromatic heterocycles. The molecule has 0 aliphatic rings. The van der Waals surface area contributed by atoms with E-state index in [1.807, 2.05) is 0 Å². The van der Waals surface area contributed by atoms with Gasteiger partial charge in [-0.05, 0) is 0 Å². The zero-order chi connectivity index (χ0) is 10.3. The molecule has 2 heterocycles. The summed E-state index contributed by atoms with van der Waals surface area (Å²) < 4.78 is 2.56. The van der Waals surface area contributed by atoms with E-state index >= 15 is 0 Å². The fourth-order valence-corrected chi connectivity index (χ4v) is 3.74. The summed E-state index contributed by atoms with van der Waals surface area (Å²) >= 11 is 6.31. The van der Waals surface area contributed by atoms with E-state index in [9.17, 15) is 0 Å². The second-order valence-electron chi connectivity index (χ2n) is 4.24. The molecule has 0 aliphatic carbocycles. The predicted molar refractivity (Wildman–Crippen MR) is 60.2 cm³/mol. The van der Waals surface area contributed by atoms with Crippen molar-refractivity contribution in [3.8, 4) is 0 Å². The van der Waals surface area contributed by atoms with Gasteiger partial charge < -0.3 is 0 Å². The normalized spacial score (nSPS) is 12.3. The van der Waals surface area contributed by atoms with Crippen LogP contribution >= 0.6 is 11.6 Å². The Labute approximate surface area is 94.1 Å². The molecule has 0 amide bonds. The summed E-state index contributed by atoms with van der Waals surface area (Å²) in [5.41, 5.74) is 1.22. The standard InChI is InChI=1S/C10H11ClN2Se/c1-10(2,3)7-4-6-8(14-7)9(11)13-5-12-6/h4-5H,1-3H3. The maximum atomic E-state index is 6.02. The molecule has 2 nitrogen and oxygen atoms in total. The van der Waals surface area contributed by atoms with Crippen LogP contribution in [0.3, 0.4) is 0 Å². The Balaban J connectivity index is 2.69. The summed E-state index contributed by atoms with van der Waals surface area (Å²) in [5, 5.41) is 0.616. The van der Waals surface area contributed by atoms with E-state index in [4.69, 9.17) is 11.6 Å². The first-order chi connectivity index (χ1) is 6.48. The third kappa shape index (κ3) is 1.72. The number of rotatable bonds is 0. The van der Waals surface area contributed by atoms with Gasteiger partial charge in [0.1, 0.15) is 0 Å². The topological polar surface area (TPSA) is 25.8 Å². The molecule has 2 rings (SSSR count). The first-order valence-electron chi connectivity index (χ1n) is 4.39. The molecule has 0 saturated heterocycles. The number of nitrogens with zero attached hydrogens (tertiary/aromatic N) is 2. The number of hydrogen-bond donors (Lipinski definition) is 0. The number of aromatic nitrogens is 2. The predicted octanol–water partition coefficient (Wildman–Crippen LogP) is 2.64. The molecule has 0 aromatic carbocycles. The van der Waals surface area contributed by atoms with Crippen molar-refractivity contribution in [1.29, 1.82) is 0 Å². The molecule has 0 aliphatic heterocycles. The Bertz CT molecular complexity index is 470. The van der Waals surface area contributed by atoms with Gasteiger partial charge in [0.25, 0.3) is 0 Å². The summed E-state index contributed by atoms with van der Waals surface area (Å²) in [7, 11) is 0. The van der Waals surface area contributed by atoms with Crippen molar-refractivity contribution >= 4 is 35.9 Å². The zero-order valence-corrected chi connectivity index (χ0v) is 10.8. The van der Waals surface area contributed by atoms with Crippen LogP contribution in [0.25, 0.3) is 9.78 Å². The summed E-state index contributed by atoms with van der Waals surface area (Å²) in [6.45, 7) is 6.65. The first kappa shape index (κ1) is 10.2. The van der Waals surface area contributed by atoms with Gasteiger partial charge in [0.05, 0.1) is 0 Å². The number of fused-ring (bicyclic) bond motifs is 1. The van der Waals surface area contributed by atoms with Crippen LogP contribution in [0.15, 0.2) is 12.4 Å². The molecule has 0 fully saturated rings. The molecule has 0 N–H and O–H groups in total. The quantitative estimate of drug-likeness (QED) is 0.545. The molecule has 4 heteroatoms. The maximum absolute atomic E-state index is 6.02. The third-order valence-electron chi connectivity index (χ3n) is 2.01. The van der Waals surface area contributed by atoms with E-state index in [-0.39, 0.29) is 5.41 Å². The minimum absolute atomic E-state index is 0.212. The SMILES string of the molecule is CC(C)(C)c1cc2ncnc(Cl)c2[se]1. The summed E-state index contributed by atoms with van der Waals surface area (Å²) in [6.07, 6.45) is 1.53. The van der Waals surface area contributed by atoms with Crippen LogP contribution in [0.1, 0.15) is 25.2 Å². The second kappa shape index (κ2) is 3.34. The Kier molecular flexibility index (Phi) is 2.42. The van der Waals surface area contributed by atoms with Crippen molar-refractivity contribution in [2.24, 2.45) is 0 Å². The van der Waals surface area contributed by atoms with E-state index in [1.165, 1.54) is 10.8 Å². The molecule has 0 saturated carbocycles. The van der Waals surface area contributed by atoms with Gasteiger partial charge >= 0.3 is 94.0 Å². The van der Waals surface area contributed by atoms with Crippen molar-refractivity contribution in [2.75, 3.05) is 0 Å². The Morgan fingerprint density at radius 3 is 2.57 bits per heavy atom. The molecule has 0 atom stereocenters. The summed E-state index contributed by atoms with van der Waals surface area (Å²) in [4.78, 5) is 8.23. The van der Waals surface area contributed by atoms with E-state index in [2.05, 4.69) is 36.8 Å². The Morgan fingerprint density at radius 2 is 2.00 bits per heavy atom. The molecule has 2 aromatic rings. The molecule has 0 unspecified atom stereocenters. The average molecular weight is 274 g/mol. The van der Waals surface area contributed by atoms with Crippen molar-refractivity contribution in [1.82, 2.24) is 9.97 Å². The molecular weight excluding hydrogens is 263 g/mol. The fraction of sp³-hybridized carbons (Fsp3) is 0.400. The van der Waals surface area contributed by atoms with Crippen molar-refractivity contribution in [2.45, 2.75) is 26.2 Å². The van der Waals surface area contributed by atoms with Gasteiger partial charge in [-0.15, -0.1) is 0 Å². The van der Waals surface area contributed by atoms with Gasteiger partial charge in [0.2, 0.25) is 0 Å². The van der Waals surface area contributed by atoms with Gasteiger partial charge in [-0.2, -0.15) is 0 Å². The van der Waals surface area contributed by atoms with E-state index in [0.717, 1.165) is 9.78 Å². The van der Waals surface area contributed by atoms with Crippen LogP contribution in [-0.2, 0) is 5.41 Å². The Morgan fingerprint density at radius 1 is 1.29 bits per heavy atom. The minimum atomic E-state index is 0.212. The second-order valence-corrected chi connectivity index (χ2v) is 6.81. The van der Waals surface area contributed by atoms with Gasteiger partial charge in [0.15, 0.2) is 0 Å². The molecule has 14 heavy (non-hydrogen) atoms. The van der Waals surface area contributed by atoms with Gasteiger partial charge in [0, 0.05) is 0 Å². The van der Waals surface area contributed by atoms with Crippen LogP contribution in [0.2, 0.25) is 5.15 Å². The molecule has 0 bridgehead atoms. The van der Waals surface area contributed by atoms with Crippen LogP contribution in [0.5, 0.6) is 0 Å². The van der Waals surface area contributed by atoms with Crippen molar-refractivity contribution < 1.29 is 0 Å². The van der Waals surface area contributed by atoms with Crippen LogP contribution in [-0.4, -0.2) is 24.5 Å². The molecular formula is C10H11ClN2Se. The zero-order valence-electron chi connectivity index (χ0n) is 8.34. The van der Waals surface area contributed by atoms with Gasteiger partial charge in [-0.1, -0.05) is 0 Å². The van der Waals surface area contributed by atoms with Crippen molar-refractivity contribution in [3.05, 3.63) is 22.0 Å². The van der Waals surface area contributed by atoms with E-state index in [1.54, 1.807) is 0 Å². The average Bonchev–Trinajstić information content (AvgIpc) is 2.48. The molecule has 0 radical (unpaired) electrons. The molecule has 74 valence electrons. The van der Waals surface area contributed by atoms with Crippen LogP contribution in [0.4, 0.5) is 0 Å². The fourth-order valence-electron chi connectivity index (χ4n) is 1.20. The van der Waals surface area contributed by atoms with Gasteiger partial charge in [-0.3, -0.25) is 0 Å². The number of hydrogen-bond acceptors (Lipinski definition) is 2. The first-order valence-corrected chi connectivity index (χ1v) is 6.48. The van der Waals surface area contributed by atoms with Crippen LogP contribution in [0, 0.1) is 0 Å². The van der Waals surface area contributed by atoms with E-state index < -0.39 is 0 Å². The van der Waals surface area contributed by atoms with E-state index in [0.29, 0.717) is 19.7 Å². The van der Waals surface area contributed by atoms with Crippen molar-refractivity contribution in [3.63, 3.8) is 0 Å². The third-order valence-corrected chi connectivity index (χ3v) is 5.81. The van der Waals surface area contributed by atoms with Crippen LogP contribution < -0.4 is 0 Å². The summed E-state index contributed by atoms with van der Waals surface area (Å²) in [6, 6.07) is 2.16.